The van der Waals surface area contributed by atoms with Gasteiger partial charge in [0.2, 0.25) is 0 Å². The van der Waals surface area contributed by atoms with E-state index in [1.165, 1.54) is 0 Å². The van der Waals surface area contributed by atoms with Gasteiger partial charge in [-0.2, -0.15) is 11.3 Å². The molecule has 4 rings (SSSR count). The fourth-order valence-electron chi connectivity index (χ4n) is 3.18. The van der Waals surface area contributed by atoms with Gasteiger partial charge in [-0.1, -0.05) is 0 Å². The third kappa shape index (κ3) is 2.36. The van der Waals surface area contributed by atoms with E-state index in [2.05, 4.69) is 5.38 Å². The fraction of sp³-hybridized carbons (Fsp3) is 0.278. The van der Waals surface area contributed by atoms with Crippen LogP contribution in [-0.4, -0.2) is 12.9 Å². The summed E-state index contributed by atoms with van der Waals surface area (Å²) in [5.74, 6) is 2.73. The zero-order valence-electron chi connectivity index (χ0n) is 12.7. The lowest BCUT2D eigenvalue weighted by molar-refractivity contribution is 0.0643. The lowest BCUT2D eigenvalue weighted by Gasteiger charge is -2.12. The number of furan rings is 2. The van der Waals surface area contributed by atoms with Crippen LogP contribution < -0.4 is 0 Å². The molecule has 1 atom stereocenters. The van der Waals surface area contributed by atoms with Crippen molar-refractivity contribution in [1.82, 2.24) is 0 Å². The van der Waals surface area contributed by atoms with Gasteiger partial charge in [0.15, 0.2) is 12.0 Å². The summed E-state index contributed by atoms with van der Waals surface area (Å²) in [5, 5.41) is 4.07. The van der Waals surface area contributed by atoms with Gasteiger partial charge in [-0.15, -0.1) is 0 Å². The van der Waals surface area contributed by atoms with Crippen LogP contribution in [0, 0.1) is 0 Å². The van der Waals surface area contributed by atoms with Crippen molar-refractivity contribution in [3.63, 3.8) is 0 Å². The average molecular weight is 328 g/mol. The van der Waals surface area contributed by atoms with Gasteiger partial charge in [-0.25, -0.2) is 0 Å². The van der Waals surface area contributed by atoms with Crippen molar-refractivity contribution in [3.05, 3.63) is 46.0 Å². The van der Waals surface area contributed by atoms with E-state index in [9.17, 15) is 4.79 Å². The van der Waals surface area contributed by atoms with E-state index in [1.54, 1.807) is 17.4 Å². The molecule has 3 aromatic rings. The second kappa shape index (κ2) is 5.83. The van der Waals surface area contributed by atoms with Gasteiger partial charge in [-0.3, -0.25) is 4.79 Å². The lowest BCUT2D eigenvalue weighted by atomic mass is 10.0. The van der Waals surface area contributed by atoms with E-state index in [0.717, 1.165) is 41.1 Å². The summed E-state index contributed by atoms with van der Waals surface area (Å²) in [4.78, 5) is 11.0. The third-order valence-electron chi connectivity index (χ3n) is 4.12. The van der Waals surface area contributed by atoms with E-state index in [1.807, 2.05) is 24.4 Å². The van der Waals surface area contributed by atoms with Crippen molar-refractivity contribution in [1.29, 1.82) is 0 Å². The maximum atomic E-state index is 11.0. The number of carbonyl (C=O) groups excluding carboxylic acids is 1. The van der Waals surface area contributed by atoms with Gasteiger partial charge in [-0.05, 0) is 36.9 Å². The minimum atomic E-state index is 0.0194. The highest BCUT2D eigenvalue weighted by molar-refractivity contribution is 7.08. The number of thiophene rings is 1. The van der Waals surface area contributed by atoms with E-state index >= 15 is 0 Å². The molecule has 3 aromatic heterocycles. The molecule has 0 amide bonds. The Bertz CT molecular complexity index is 825. The Kier molecular flexibility index (Phi) is 3.67. The van der Waals surface area contributed by atoms with Crippen molar-refractivity contribution in [3.8, 4) is 22.6 Å². The van der Waals surface area contributed by atoms with Gasteiger partial charge >= 0.3 is 0 Å². The van der Waals surface area contributed by atoms with Crippen molar-refractivity contribution in [2.75, 3.05) is 6.61 Å². The minimum Gasteiger partial charge on any atom is -0.460 e. The van der Waals surface area contributed by atoms with Crippen LogP contribution in [0.2, 0.25) is 0 Å². The highest BCUT2D eigenvalue weighted by Crippen LogP contribution is 2.48. The van der Waals surface area contributed by atoms with Crippen LogP contribution in [0.15, 0.2) is 37.8 Å². The molecule has 0 radical (unpaired) electrons. The number of hydrogen-bond donors (Lipinski definition) is 0. The first kappa shape index (κ1) is 14.5. The number of hydrogen-bond acceptors (Lipinski definition) is 5. The SMILES string of the molecule is CCOC1CCc2oc(-c3ccsc3)c(-c3ccc(C=O)o3)c21. The van der Waals surface area contributed by atoms with Crippen molar-refractivity contribution < 1.29 is 18.4 Å². The van der Waals surface area contributed by atoms with Gasteiger partial charge in [0.1, 0.15) is 17.3 Å². The first-order valence-electron chi connectivity index (χ1n) is 7.67. The van der Waals surface area contributed by atoms with Gasteiger partial charge < -0.3 is 13.6 Å². The Morgan fingerprint density at radius 1 is 1.35 bits per heavy atom. The molecule has 0 N–H and O–H groups in total. The summed E-state index contributed by atoms with van der Waals surface area (Å²) in [5.41, 5.74) is 3.01. The maximum Gasteiger partial charge on any atom is 0.185 e. The highest BCUT2D eigenvalue weighted by Gasteiger charge is 2.34. The molecule has 0 fully saturated rings. The number of fused-ring (bicyclic) bond motifs is 1. The van der Waals surface area contributed by atoms with Gasteiger partial charge in [0.25, 0.3) is 0 Å². The molecule has 1 unspecified atom stereocenters. The number of ether oxygens (including phenoxy) is 1. The predicted octanol–water partition coefficient (Wildman–Crippen LogP) is 5.10. The molecule has 3 heterocycles. The number of rotatable bonds is 5. The number of aryl methyl sites for hydroxylation is 1. The second-order valence-electron chi connectivity index (χ2n) is 5.46. The van der Waals surface area contributed by atoms with Crippen LogP contribution in [0.25, 0.3) is 22.6 Å². The highest BCUT2D eigenvalue weighted by atomic mass is 32.1. The molecule has 0 aromatic carbocycles. The van der Waals surface area contributed by atoms with Crippen molar-refractivity contribution >= 4 is 17.6 Å². The van der Waals surface area contributed by atoms with Crippen LogP contribution >= 0.6 is 11.3 Å². The van der Waals surface area contributed by atoms with Crippen LogP contribution in [0.5, 0.6) is 0 Å². The molecule has 0 saturated carbocycles. The molecule has 4 nitrogen and oxygen atoms in total. The maximum absolute atomic E-state index is 11.0. The van der Waals surface area contributed by atoms with Crippen LogP contribution in [-0.2, 0) is 11.2 Å². The quantitative estimate of drug-likeness (QED) is 0.611. The summed E-state index contributed by atoms with van der Waals surface area (Å²) in [7, 11) is 0. The Morgan fingerprint density at radius 2 is 2.26 bits per heavy atom. The topological polar surface area (TPSA) is 52.6 Å². The molecular formula is C18H16O4S. The monoisotopic (exact) mass is 328 g/mol. The Balaban J connectivity index is 1.91. The van der Waals surface area contributed by atoms with E-state index in [4.69, 9.17) is 13.6 Å². The predicted molar refractivity (Wildman–Crippen MR) is 87.8 cm³/mol. The summed E-state index contributed by atoms with van der Waals surface area (Å²) in [6.45, 7) is 2.65. The number of aldehydes is 1. The van der Waals surface area contributed by atoms with Gasteiger partial charge in [0, 0.05) is 29.5 Å². The molecule has 1 aliphatic rings. The molecule has 1 aliphatic carbocycles. The summed E-state index contributed by atoms with van der Waals surface area (Å²) < 4.78 is 17.7. The smallest absolute Gasteiger partial charge is 0.185 e. The zero-order chi connectivity index (χ0) is 15.8. The minimum absolute atomic E-state index is 0.0194. The van der Waals surface area contributed by atoms with E-state index < -0.39 is 0 Å². The lowest BCUT2D eigenvalue weighted by Crippen LogP contribution is -2.00. The second-order valence-corrected chi connectivity index (χ2v) is 6.24. The van der Waals surface area contributed by atoms with E-state index in [0.29, 0.717) is 24.4 Å². The Morgan fingerprint density at radius 3 is 2.96 bits per heavy atom. The zero-order valence-corrected chi connectivity index (χ0v) is 13.5. The van der Waals surface area contributed by atoms with Crippen LogP contribution in [0.4, 0.5) is 0 Å². The molecular weight excluding hydrogens is 312 g/mol. The van der Waals surface area contributed by atoms with Crippen molar-refractivity contribution in [2.45, 2.75) is 25.9 Å². The molecule has 0 aliphatic heterocycles. The standard InChI is InChI=1S/C18H16O4S/c1-2-20-13-5-6-14-16(13)17(15-4-3-12(9-19)21-15)18(22-14)11-7-8-23-10-11/h3-4,7-10,13H,2,5-6H2,1H3. The summed E-state index contributed by atoms with van der Waals surface area (Å²) in [6, 6.07) is 5.54. The Hall–Kier alpha value is -2.11. The molecule has 118 valence electrons. The fourth-order valence-corrected chi connectivity index (χ4v) is 3.82. The first-order valence-corrected chi connectivity index (χ1v) is 8.61. The van der Waals surface area contributed by atoms with Crippen LogP contribution in [0.3, 0.4) is 0 Å². The normalized spacial score (nSPS) is 16.7. The number of carbonyl (C=O) groups is 1. The largest absolute Gasteiger partial charge is 0.460 e. The molecule has 0 saturated heterocycles. The molecule has 23 heavy (non-hydrogen) atoms. The molecule has 5 heteroatoms. The molecule has 0 spiro atoms. The third-order valence-corrected chi connectivity index (χ3v) is 4.80. The van der Waals surface area contributed by atoms with Crippen molar-refractivity contribution in [2.24, 2.45) is 0 Å². The first-order chi connectivity index (χ1) is 11.3. The average Bonchev–Trinajstić information content (AvgIpc) is 3.32. The molecule has 0 bridgehead atoms. The van der Waals surface area contributed by atoms with Crippen LogP contribution in [0.1, 0.15) is 41.3 Å². The van der Waals surface area contributed by atoms with Gasteiger partial charge in [0.05, 0.1) is 11.7 Å². The Labute approximate surface area is 137 Å². The van der Waals surface area contributed by atoms with E-state index in [-0.39, 0.29) is 6.10 Å². The summed E-state index contributed by atoms with van der Waals surface area (Å²) in [6.07, 6.45) is 2.51. The summed E-state index contributed by atoms with van der Waals surface area (Å²) >= 11 is 1.62.